The number of rotatable bonds is 6. The Kier molecular flexibility index (Phi) is 6.41. The van der Waals surface area contributed by atoms with E-state index in [0.29, 0.717) is 6.54 Å². The highest BCUT2D eigenvalue weighted by Crippen LogP contribution is 2.20. The van der Waals surface area contributed by atoms with Crippen molar-refractivity contribution in [2.24, 2.45) is 0 Å². The summed E-state index contributed by atoms with van der Waals surface area (Å²) in [6, 6.07) is 6.32. The second-order valence-corrected chi connectivity index (χ2v) is 7.89. The number of likely N-dealkylation sites (tertiary alicyclic amines) is 1. The molecule has 2 rings (SSSR count). The van der Waals surface area contributed by atoms with Gasteiger partial charge >= 0.3 is 5.97 Å². The standard InChI is InChI=1S/C17H24N2O5S/c1-3-13-8-6-7-11-19(13)16(20)12-24-17(21)14-9-4-5-10-15(14)18-25(2,22)23/h4-5,9-10,13,18H,3,6-8,11-12H2,1-2H3/t13-/m1/s1. The first-order valence-corrected chi connectivity index (χ1v) is 10.2. The fourth-order valence-corrected chi connectivity index (χ4v) is 3.57. The first-order valence-electron chi connectivity index (χ1n) is 8.35. The Morgan fingerprint density at radius 3 is 2.68 bits per heavy atom. The van der Waals surface area contributed by atoms with Gasteiger partial charge in [-0.3, -0.25) is 9.52 Å². The van der Waals surface area contributed by atoms with Crippen LogP contribution < -0.4 is 4.72 Å². The van der Waals surface area contributed by atoms with Crippen LogP contribution in [0.5, 0.6) is 0 Å². The molecule has 25 heavy (non-hydrogen) atoms. The number of carbonyl (C=O) groups is 2. The number of carbonyl (C=O) groups excluding carboxylic acids is 2. The molecule has 7 nitrogen and oxygen atoms in total. The van der Waals surface area contributed by atoms with Crippen molar-refractivity contribution in [3.63, 3.8) is 0 Å². The minimum absolute atomic E-state index is 0.0754. The van der Waals surface area contributed by atoms with E-state index in [0.717, 1.165) is 31.9 Å². The number of sulfonamides is 1. The molecule has 0 saturated carbocycles. The lowest BCUT2D eigenvalue weighted by Gasteiger charge is -2.35. The number of benzene rings is 1. The molecule has 138 valence electrons. The van der Waals surface area contributed by atoms with Crippen LogP contribution in [-0.2, 0) is 19.6 Å². The van der Waals surface area contributed by atoms with Crippen LogP contribution >= 0.6 is 0 Å². The third kappa shape index (κ3) is 5.45. The van der Waals surface area contributed by atoms with Crippen molar-refractivity contribution in [2.45, 2.75) is 38.6 Å². The third-order valence-electron chi connectivity index (χ3n) is 4.19. The van der Waals surface area contributed by atoms with Crippen molar-refractivity contribution < 1.29 is 22.7 Å². The number of esters is 1. The first-order chi connectivity index (χ1) is 11.8. The van der Waals surface area contributed by atoms with Gasteiger partial charge < -0.3 is 9.64 Å². The van der Waals surface area contributed by atoms with E-state index in [1.807, 2.05) is 6.92 Å². The average molecular weight is 368 g/mol. The number of hydrogen-bond donors (Lipinski definition) is 1. The van der Waals surface area contributed by atoms with E-state index in [2.05, 4.69) is 4.72 Å². The van der Waals surface area contributed by atoms with Gasteiger partial charge in [0.05, 0.1) is 17.5 Å². The number of nitrogens with zero attached hydrogens (tertiary/aromatic N) is 1. The van der Waals surface area contributed by atoms with Crippen LogP contribution in [-0.4, -0.2) is 50.6 Å². The maximum Gasteiger partial charge on any atom is 0.340 e. The minimum atomic E-state index is -3.53. The van der Waals surface area contributed by atoms with Gasteiger partial charge in [0.1, 0.15) is 0 Å². The smallest absolute Gasteiger partial charge is 0.340 e. The van der Waals surface area contributed by atoms with Crippen LogP contribution in [0.2, 0.25) is 0 Å². The Bertz CT molecular complexity index is 732. The second-order valence-electron chi connectivity index (χ2n) is 6.14. The topological polar surface area (TPSA) is 92.8 Å². The van der Waals surface area contributed by atoms with E-state index in [1.165, 1.54) is 12.1 Å². The highest BCUT2D eigenvalue weighted by Gasteiger charge is 2.26. The molecule has 0 bridgehead atoms. The molecule has 0 spiro atoms. The summed E-state index contributed by atoms with van der Waals surface area (Å²) in [6.07, 6.45) is 4.90. The zero-order chi connectivity index (χ0) is 18.4. The summed E-state index contributed by atoms with van der Waals surface area (Å²) in [6.45, 7) is 2.37. The molecule has 0 unspecified atom stereocenters. The van der Waals surface area contributed by atoms with Crippen LogP contribution in [0.25, 0.3) is 0 Å². The lowest BCUT2D eigenvalue weighted by atomic mass is 10.00. The van der Waals surface area contributed by atoms with Gasteiger partial charge in [0.25, 0.3) is 5.91 Å². The quantitative estimate of drug-likeness (QED) is 0.775. The minimum Gasteiger partial charge on any atom is -0.452 e. The van der Waals surface area contributed by atoms with Crippen LogP contribution in [0.4, 0.5) is 5.69 Å². The van der Waals surface area contributed by atoms with Crippen molar-refractivity contribution in [1.82, 2.24) is 4.90 Å². The molecular formula is C17H24N2O5S. The van der Waals surface area contributed by atoms with E-state index in [9.17, 15) is 18.0 Å². The van der Waals surface area contributed by atoms with Crippen molar-refractivity contribution in [3.05, 3.63) is 29.8 Å². The lowest BCUT2D eigenvalue weighted by Crippen LogP contribution is -2.45. The maximum absolute atomic E-state index is 12.4. The zero-order valence-corrected chi connectivity index (χ0v) is 15.3. The van der Waals surface area contributed by atoms with Gasteiger partial charge in [-0.05, 0) is 37.8 Å². The lowest BCUT2D eigenvalue weighted by molar-refractivity contribution is -0.138. The third-order valence-corrected chi connectivity index (χ3v) is 4.78. The van der Waals surface area contributed by atoms with Gasteiger partial charge in [0, 0.05) is 12.6 Å². The fraction of sp³-hybridized carbons (Fsp3) is 0.529. The molecule has 1 saturated heterocycles. The van der Waals surface area contributed by atoms with Gasteiger partial charge in [-0.25, -0.2) is 13.2 Å². The molecule has 1 amide bonds. The Hall–Kier alpha value is -2.09. The summed E-state index contributed by atoms with van der Waals surface area (Å²) in [7, 11) is -3.53. The summed E-state index contributed by atoms with van der Waals surface area (Å²) in [4.78, 5) is 26.4. The van der Waals surface area contributed by atoms with E-state index < -0.39 is 16.0 Å². The number of hydrogen-bond acceptors (Lipinski definition) is 5. The van der Waals surface area contributed by atoms with Gasteiger partial charge in [-0.2, -0.15) is 0 Å². The van der Waals surface area contributed by atoms with Crippen LogP contribution in [0.1, 0.15) is 43.0 Å². The number of nitrogens with one attached hydrogen (secondary N) is 1. The number of piperidine rings is 1. The fourth-order valence-electron chi connectivity index (χ4n) is 2.99. The van der Waals surface area contributed by atoms with E-state index in [1.54, 1.807) is 17.0 Å². The highest BCUT2D eigenvalue weighted by atomic mass is 32.2. The normalized spacial score (nSPS) is 17.8. The van der Waals surface area contributed by atoms with Crippen LogP contribution in [0.3, 0.4) is 0 Å². The largest absolute Gasteiger partial charge is 0.452 e. The molecular weight excluding hydrogens is 344 g/mol. The summed E-state index contributed by atoms with van der Waals surface area (Å²) in [5, 5.41) is 0. The predicted octanol–water partition coefficient (Wildman–Crippen LogP) is 2.01. The molecule has 1 N–H and O–H groups in total. The molecule has 1 aliphatic rings. The van der Waals surface area contributed by atoms with Crippen LogP contribution in [0, 0.1) is 0 Å². The zero-order valence-electron chi connectivity index (χ0n) is 14.5. The van der Waals surface area contributed by atoms with Gasteiger partial charge in [-0.1, -0.05) is 19.1 Å². The molecule has 0 aliphatic carbocycles. The number of para-hydroxylation sites is 1. The van der Waals surface area contributed by atoms with Crippen molar-refractivity contribution in [1.29, 1.82) is 0 Å². The molecule has 1 atom stereocenters. The molecule has 1 aromatic rings. The summed E-state index contributed by atoms with van der Waals surface area (Å²) in [5.74, 6) is -0.946. The van der Waals surface area contributed by atoms with Crippen LogP contribution in [0.15, 0.2) is 24.3 Å². The van der Waals surface area contributed by atoms with Gasteiger partial charge in [0.15, 0.2) is 6.61 Å². The Morgan fingerprint density at radius 2 is 2.00 bits per heavy atom. The number of anilines is 1. The predicted molar refractivity (Wildman–Crippen MR) is 94.8 cm³/mol. The Morgan fingerprint density at radius 1 is 1.28 bits per heavy atom. The highest BCUT2D eigenvalue weighted by molar-refractivity contribution is 7.92. The molecule has 1 aromatic carbocycles. The van der Waals surface area contributed by atoms with E-state index >= 15 is 0 Å². The molecule has 8 heteroatoms. The number of amides is 1. The van der Waals surface area contributed by atoms with E-state index in [4.69, 9.17) is 4.74 Å². The second kappa shape index (κ2) is 8.33. The Labute approximate surface area is 148 Å². The SMILES string of the molecule is CC[C@@H]1CCCCN1C(=O)COC(=O)c1ccccc1NS(C)(=O)=O. The molecule has 1 aliphatic heterocycles. The van der Waals surface area contributed by atoms with Gasteiger partial charge in [0.2, 0.25) is 10.0 Å². The summed E-state index contributed by atoms with van der Waals surface area (Å²) in [5.41, 5.74) is 0.207. The first kappa shape index (κ1) is 19.2. The monoisotopic (exact) mass is 368 g/mol. The summed E-state index contributed by atoms with van der Waals surface area (Å²) >= 11 is 0. The maximum atomic E-state index is 12.4. The van der Waals surface area contributed by atoms with E-state index in [-0.39, 0.29) is 29.8 Å². The molecule has 1 fully saturated rings. The Balaban J connectivity index is 2.02. The molecule has 0 aromatic heterocycles. The summed E-state index contributed by atoms with van der Waals surface area (Å²) < 4.78 is 30.2. The van der Waals surface area contributed by atoms with Crippen molar-refractivity contribution >= 4 is 27.6 Å². The number of ether oxygens (including phenoxy) is 1. The van der Waals surface area contributed by atoms with Crippen molar-refractivity contribution in [2.75, 3.05) is 24.1 Å². The molecule has 0 radical (unpaired) electrons. The molecule has 1 heterocycles. The van der Waals surface area contributed by atoms with Crippen molar-refractivity contribution in [3.8, 4) is 0 Å². The van der Waals surface area contributed by atoms with Gasteiger partial charge in [-0.15, -0.1) is 0 Å². The average Bonchev–Trinajstić information content (AvgIpc) is 2.58.